The van der Waals surface area contributed by atoms with Gasteiger partial charge in [-0.3, -0.25) is 14.2 Å². The monoisotopic (exact) mass is 443 g/mol. The number of benzene rings is 3. The Kier molecular flexibility index (Phi) is 6.69. The van der Waals surface area contributed by atoms with Gasteiger partial charge in [0.25, 0.3) is 11.5 Å². The number of carbonyl (C=O) groups excluding carboxylic acids is 1. The van der Waals surface area contributed by atoms with Crippen LogP contribution >= 0.6 is 0 Å². The molecule has 1 aromatic heterocycles. The number of aromatic nitrogens is 2. The highest BCUT2D eigenvalue weighted by molar-refractivity contribution is 5.94. The number of fused-ring (bicyclic) bond motifs is 1. The van der Waals surface area contributed by atoms with Crippen LogP contribution in [-0.4, -0.2) is 36.2 Å². The summed E-state index contributed by atoms with van der Waals surface area (Å²) in [5.41, 5.74) is 3.11. The second-order valence-electron chi connectivity index (χ2n) is 7.59. The minimum absolute atomic E-state index is 0.0856. The van der Waals surface area contributed by atoms with E-state index >= 15 is 0 Å². The van der Waals surface area contributed by atoms with Crippen LogP contribution in [0.1, 0.15) is 21.5 Å². The minimum Gasteiger partial charge on any atom is -0.493 e. The zero-order valence-electron chi connectivity index (χ0n) is 18.6. The molecule has 0 bridgehead atoms. The summed E-state index contributed by atoms with van der Waals surface area (Å²) in [6.07, 6.45) is 2.22. The zero-order chi connectivity index (χ0) is 23.2. The van der Waals surface area contributed by atoms with Crippen molar-refractivity contribution in [1.82, 2.24) is 14.9 Å². The van der Waals surface area contributed by atoms with Gasteiger partial charge in [-0.25, -0.2) is 4.98 Å². The lowest BCUT2D eigenvalue weighted by molar-refractivity contribution is 0.0954. The number of methoxy groups -OCH3 is 2. The predicted octanol–water partition coefficient (Wildman–Crippen LogP) is 3.43. The van der Waals surface area contributed by atoms with Crippen LogP contribution in [-0.2, 0) is 13.0 Å². The van der Waals surface area contributed by atoms with E-state index < -0.39 is 0 Å². The van der Waals surface area contributed by atoms with E-state index in [0.717, 1.165) is 11.1 Å². The van der Waals surface area contributed by atoms with Crippen LogP contribution in [0.5, 0.6) is 11.5 Å². The van der Waals surface area contributed by atoms with Crippen molar-refractivity contribution in [1.29, 1.82) is 0 Å². The van der Waals surface area contributed by atoms with Gasteiger partial charge in [0.2, 0.25) is 0 Å². The molecular weight excluding hydrogens is 418 g/mol. The normalized spacial score (nSPS) is 10.7. The number of amides is 1. The van der Waals surface area contributed by atoms with E-state index in [2.05, 4.69) is 10.3 Å². The van der Waals surface area contributed by atoms with Gasteiger partial charge in [0.05, 0.1) is 38.0 Å². The van der Waals surface area contributed by atoms with Gasteiger partial charge in [-0.2, -0.15) is 0 Å². The van der Waals surface area contributed by atoms with Crippen molar-refractivity contribution in [2.75, 3.05) is 20.8 Å². The number of hydrogen-bond donors (Lipinski definition) is 1. The molecule has 0 saturated heterocycles. The molecule has 7 heteroatoms. The van der Waals surface area contributed by atoms with Crippen LogP contribution in [0.3, 0.4) is 0 Å². The van der Waals surface area contributed by atoms with Crippen LogP contribution in [0.2, 0.25) is 0 Å². The third-order valence-corrected chi connectivity index (χ3v) is 5.45. The first kappa shape index (κ1) is 22.1. The lowest BCUT2D eigenvalue weighted by atomic mass is 10.1. The van der Waals surface area contributed by atoms with Crippen LogP contribution in [0.25, 0.3) is 10.9 Å². The number of carbonyl (C=O) groups is 1. The van der Waals surface area contributed by atoms with E-state index in [4.69, 9.17) is 9.47 Å². The number of ether oxygens (including phenoxy) is 2. The molecule has 1 N–H and O–H groups in total. The Labute approximate surface area is 191 Å². The molecule has 0 spiro atoms. The van der Waals surface area contributed by atoms with Gasteiger partial charge >= 0.3 is 0 Å². The van der Waals surface area contributed by atoms with Crippen LogP contribution < -0.4 is 20.3 Å². The van der Waals surface area contributed by atoms with Gasteiger partial charge in [0.15, 0.2) is 11.5 Å². The third-order valence-electron chi connectivity index (χ3n) is 5.45. The van der Waals surface area contributed by atoms with Crippen LogP contribution in [0.4, 0.5) is 0 Å². The highest BCUT2D eigenvalue weighted by Crippen LogP contribution is 2.27. The van der Waals surface area contributed by atoms with Crippen LogP contribution in [0.15, 0.2) is 77.9 Å². The summed E-state index contributed by atoms with van der Waals surface area (Å²) < 4.78 is 12.1. The van der Waals surface area contributed by atoms with Crippen molar-refractivity contribution in [3.8, 4) is 11.5 Å². The molecule has 0 aliphatic heterocycles. The first-order valence-corrected chi connectivity index (χ1v) is 10.6. The topological polar surface area (TPSA) is 82.5 Å². The van der Waals surface area contributed by atoms with Gasteiger partial charge < -0.3 is 14.8 Å². The standard InChI is InChI=1S/C26H25N3O4/c1-32-23-12-9-18(15-24(23)33-2)13-14-27-25(30)20-10-7-19(8-11-20)16-29-17-28-22-6-4-3-5-21(22)26(29)31/h3-12,15,17H,13-14,16H2,1-2H3,(H,27,30). The predicted molar refractivity (Wildman–Crippen MR) is 127 cm³/mol. The second-order valence-corrected chi connectivity index (χ2v) is 7.59. The van der Waals surface area contributed by atoms with Gasteiger partial charge in [-0.05, 0) is 53.9 Å². The van der Waals surface area contributed by atoms with Crippen molar-refractivity contribution in [2.24, 2.45) is 0 Å². The fourth-order valence-corrected chi connectivity index (χ4v) is 3.64. The molecule has 0 fully saturated rings. The van der Waals surface area contributed by atoms with E-state index in [1.807, 2.05) is 48.5 Å². The minimum atomic E-state index is -0.147. The van der Waals surface area contributed by atoms with E-state index in [1.165, 1.54) is 0 Å². The summed E-state index contributed by atoms with van der Waals surface area (Å²) >= 11 is 0. The molecular formula is C26H25N3O4. The zero-order valence-corrected chi connectivity index (χ0v) is 18.6. The van der Waals surface area contributed by atoms with E-state index in [9.17, 15) is 9.59 Å². The number of para-hydroxylation sites is 1. The molecule has 4 aromatic rings. The largest absolute Gasteiger partial charge is 0.493 e. The molecule has 168 valence electrons. The Morgan fingerprint density at radius 3 is 2.42 bits per heavy atom. The smallest absolute Gasteiger partial charge is 0.261 e. The lowest BCUT2D eigenvalue weighted by Crippen LogP contribution is -2.25. The molecule has 1 heterocycles. The summed E-state index contributed by atoms with van der Waals surface area (Å²) in [5, 5.41) is 3.52. The quantitative estimate of drug-likeness (QED) is 0.451. The Balaban J connectivity index is 1.36. The Hall–Kier alpha value is -4.13. The first-order valence-electron chi connectivity index (χ1n) is 10.6. The molecule has 7 nitrogen and oxygen atoms in total. The highest BCUT2D eigenvalue weighted by atomic mass is 16.5. The van der Waals surface area contributed by atoms with Crippen molar-refractivity contribution in [2.45, 2.75) is 13.0 Å². The summed E-state index contributed by atoms with van der Waals surface area (Å²) in [7, 11) is 3.19. The number of nitrogens with one attached hydrogen (secondary N) is 1. The van der Waals surface area contributed by atoms with Gasteiger partial charge in [0, 0.05) is 12.1 Å². The molecule has 3 aromatic carbocycles. The van der Waals surface area contributed by atoms with E-state index in [-0.39, 0.29) is 11.5 Å². The molecule has 0 aliphatic rings. The van der Waals surface area contributed by atoms with Crippen molar-refractivity contribution in [3.05, 3.63) is 100 Å². The van der Waals surface area contributed by atoms with Crippen molar-refractivity contribution < 1.29 is 14.3 Å². The molecule has 0 aliphatic carbocycles. The maximum atomic E-state index is 12.7. The fourth-order valence-electron chi connectivity index (χ4n) is 3.64. The maximum absolute atomic E-state index is 12.7. The fraction of sp³-hybridized carbons (Fsp3) is 0.192. The van der Waals surface area contributed by atoms with E-state index in [1.54, 1.807) is 43.3 Å². The maximum Gasteiger partial charge on any atom is 0.261 e. The summed E-state index contributed by atoms with van der Waals surface area (Å²) in [4.78, 5) is 29.5. The average Bonchev–Trinajstić information content (AvgIpc) is 2.86. The highest BCUT2D eigenvalue weighted by Gasteiger charge is 2.08. The third kappa shape index (κ3) is 5.03. The van der Waals surface area contributed by atoms with Crippen LogP contribution in [0, 0.1) is 0 Å². The molecule has 1 amide bonds. The Morgan fingerprint density at radius 2 is 1.67 bits per heavy atom. The Morgan fingerprint density at radius 1 is 0.939 bits per heavy atom. The van der Waals surface area contributed by atoms with Crippen molar-refractivity contribution in [3.63, 3.8) is 0 Å². The second kappa shape index (κ2) is 9.99. The molecule has 33 heavy (non-hydrogen) atoms. The number of nitrogens with zero attached hydrogens (tertiary/aromatic N) is 2. The summed E-state index contributed by atoms with van der Waals surface area (Å²) in [6, 6.07) is 20.2. The van der Waals surface area contributed by atoms with Crippen molar-refractivity contribution >= 4 is 16.8 Å². The molecule has 0 unspecified atom stereocenters. The number of hydrogen-bond acceptors (Lipinski definition) is 5. The van der Waals surface area contributed by atoms with Gasteiger partial charge in [-0.1, -0.05) is 30.3 Å². The van der Waals surface area contributed by atoms with Gasteiger partial charge in [0.1, 0.15) is 0 Å². The Bertz CT molecular complexity index is 1330. The average molecular weight is 444 g/mol. The molecule has 0 saturated carbocycles. The molecule has 0 radical (unpaired) electrons. The summed E-state index contributed by atoms with van der Waals surface area (Å²) in [5.74, 6) is 1.19. The SMILES string of the molecule is COc1ccc(CCNC(=O)c2ccc(Cn3cnc4ccccc4c3=O)cc2)cc1OC. The molecule has 4 rings (SSSR count). The van der Waals surface area contributed by atoms with Gasteiger partial charge in [-0.15, -0.1) is 0 Å². The first-order chi connectivity index (χ1) is 16.1. The van der Waals surface area contributed by atoms with E-state index in [0.29, 0.717) is 47.5 Å². The lowest BCUT2D eigenvalue weighted by Gasteiger charge is -2.10. The number of rotatable bonds is 8. The summed E-state index contributed by atoms with van der Waals surface area (Å²) in [6.45, 7) is 0.881. The molecule has 0 atom stereocenters.